The summed E-state index contributed by atoms with van der Waals surface area (Å²) in [6, 6.07) is -0.466. The number of hydrogen-bond donors (Lipinski definition) is 2. The normalized spacial score (nSPS) is 18.6. The van der Waals surface area contributed by atoms with E-state index >= 15 is 0 Å². The summed E-state index contributed by atoms with van der Waals surface area (Å²) in [5.74, 6) is -1.67. The highest BCUT2D eigenvalue weighted by molar-refractivity contribution is 5.86. The Kier molecular flexibility index (Phi) is 6.23. The van der Waals surface area contributed by atoms with Gasteiger partial charge in [-0.1, -0.05) is 0 Å². The standard InChI is InChI=1S/C12H21N3O5/c1-20-8-9-3-2-4-14(5-9)12(19)15(6-10(13)16)7-11(17)18/h9H,2-8H2,1H3,(H2,13,16)(H,17,18). The summed E-state index contributed by atoms with van der Waals surface area (Å²) in [7, 11) is 1.60. The van der Waals surface area contributed by atoms with Gasteiger partial charge in [-0.05, 0) is 12.8 Å². The number of piperidine rings is 1. The first kappa shape index (κ1) is 16.2. The van der Waals surface area contributed by atoms with E-state index < -0.39 is 31.0 Å². The van der Waals surface area contributed by atoms with Crippen LogP contribution >= 0.6 is 0 Å². The molecule has 20 heavy (non-hydrogen) atoms. The molecule has 3 amide bonds. The number of amides is 3. The smallest absolute Gasteiger partial charge is 0.323 e. The van der Waals surface area contributed by atoms with Gasteiger partial charge in [0, 0.05) is 26.1 Å². The highest BCUT2D eigenvalue weighted by Crippen LogP contribution is 2.18. The first-order chi connectivity index (χ1) is 9.43. The first-order valence-electron chi connectivity index (χ1n) is 6.47. The van der Waals surface area contributed by atoms with Gasteiger partial charge in [-0.25, -0.2) is 4.79 Å². The van der Waals surface area contributed by atoms with Crippen LogP contribution < -0.4 is 5.73 Å². The van der Waals surface area contributed by atoms with E-state index in [1.165, 1.54) is 0 Å². The Bertz CT molecular complexity index is 356. The maximum Gasteiger partial charge on any atom is 0.323 e. The largest absolute Gasteiger partial charge is 0.480 e. The summed E-state index contributed by atoms with van der Waals surface area (Å²) in [5, 5.41) is 8.80. The van der Waals surface area contributed by atoms with E-state index in [1.54, 1.807) is 12.0 Å². The van der Waals surface area contributed by atoms with Crippen molar-refractivity contribution in [2.45, 2.75) is 12.8 Å². The molecule has 0 aliphatic carbocycles. The third kappa shape index (κ3) is 5.04. The zero-order valence-corrected chi connectivity index (χ0v) is 11.6. The number of carboxylic acids is 1. The number of nitrogens with two attached hydrogens (primary N) is 1. The SMILES string of the molecule is COCC1CCCN(C(=O)N(CC(N)=O)CC(=O)O)C1. The van der Waals surface area contributed by atoms with E-state index in [2.05, 4.69) is 0 Å². The van der Waals surface area contributed by atoms with Gasteiger partial charge in [0.05, 0.1) is 6.61 Å². The summed E-state index contributed by atoms with van der Waals surface area (Å²) >= 11 is 0. The minimum absolute atomic E-state index is 0.234. The van der Waals surface area contributed by atoms with Crippen LogP contribution in [-0.4, -0.2) is 72.7 Å². The van der Waals surface area contributed by atoms with Crippen LogP contribution in [0.15, 0.2) is 0 Å². The second-order valence-electron chi connectivity index (χ2n) is 4.91. The lowest BCUT2D eigenvalue weighted by molar-refractivity contribution is -0.138. The molecule has 1 saturated heterocycles. The third-order valence-electron chi connectivity index (χ3n) is 3.14. The Labute approximate surface area is 117 Å². The molecule has 1 heterocycles. The van der Waals surface area contributed by atoms with Crippen molar-refractivity contribution in [2.75, 3.05) is 39.9 Å². The maximum atomic E-state index is 12.3. The number of rotatable bonds is 6. The van der Waals surface area contributed by atoms with Crippen molar-refractivity contribution >= 4 is 17.9 Å². The quantitative estimate of drug-likeness (QED) is 0.673. The van der Waals surface area contributed by atoms with Crippen LogP contribution in [0.4, 0.5) is 4.79 Å². The molecular weight excluding hydrogens is 266 g/mol. The van der Waals surface area contributed by atoms with E-state index in [0.29, 0.717) is 19.7 Å². The van der Waals surface area contributed by atoms with Crippen LogP contribution in [0.2, 0.25) is 0 Å². The van der Waals surface area contributed by atoms with E-state index in [9.17, 15) is 14.4 Å². The van der Waals surface area contributed by atoms with Crippen molar-refractivity contribution in [3.05, 3.63) is 0 Å². The van der Waals surface area contributed by atoms with Crippen molar-refractivity contribution in [3.8, 4) is 0 Å². The molecule has 0 radical (unpaired) electrons. The number of aliphatic carboxylic acids is 1. The monoisotopic (exact) mass is 287 g/mol. The summed E-state index contributed by atoms with van der Waals surface area (Å²) in [4.78, 5) is 36.5. The molecule has 8 heteroatoms. The van der Waals surface area contributed by atoms with Gasteiger partial charge in [0.15, 0.2) is 0 Å². The Morgan fingerprint density at radius 3 is 2.65 bits per heavy atom. The topological polar surface area (TPSA) is 113 Å². The Hall–Kier alpha value is -1.83. The van der Waals surface area contributed by atoms with Crippen molar-refractivity contribution in [3.63, 3.8) is 0 Å². The lowest BCUT2D eigenvalue weighted by Gasteiger charge is -2.35. The molecule has 1 unspecified atom stereocenters. The number of likely N-dealkylation sites (tertiary alicyclic amines) is 1. The molecule has 1 rings (SSSR count). The molecule has 1 atom stereocenters. The van der Waals surface area contributed by atoms with Gasteiger partial charge >= 0.3 is 12.0 Å². The van der Waals surface area contributed by atoms with Crippen LogP contribution in [0.25, 0.3) is 0 Å². The summed E-state index contributed by atoms with van der Waals surface area (Å²) in [6.45, 7) is 0.678. The van der Waals surface area contributed by atoms with Crippen LogP contribution in [0.3, 0.4) is 0 Å². The number of ether oxygens (including phenoxy) is 1. The number of carbonyl (C=O) groups excluding carboxylic acids is 2. The average molecular weight is 287 g/mol. The van der Waals surface area contributed by atoms with Crippen molar-refractivity contribution in [2.24, 2.45) is 11.7 Å². The summed E-state index contributed by atoms with van der Waals surface area (Å²) < 4.78 is 5.08. The fraction of sp³-hybridized carbons (Fsp3) is 0.750. The molecule has 0 aromatic heterocycles. The number of urea groups is 1. The molecule has 0 saturated carbocycles. The molecule has 1 fully saturated rings. The van der Waals surface area contributed by atoms with Gasteiger partial charge in [0.2, 0.25) is 5.91 Å². The Morgan fingerprint density at radius 1 is 1.40 bits per heavy atom. The Morgan fingerprint density at radius 2 is 2.10 bits per heavy atom. The number of carbonyl (C=O) groups is 3. The predicted molar refractivity (Wildman–Crippen MR) is 70.0 cm³/mol. The zero-order valence-electron chi connectivity index (χ0n) is 11.6. The molecule has 3 N–H and O–H groups in total. The van der Waals surface area contributed by atoms with Crippen LogP contribution in [0.1, 0.15) is 12.8 Å². The predicted octanol–water partition coefficient (Wildman–Crippen LogP) is -0.663. The lowest BCUT2D eigenvalue weighted by atomic mass is 9.99. The molecule has 114 valence electrons. The number of methoxy groups -OCH3 is 1. The number of hydrogen-bond acceptors (Lipinski definition) is 4. The highest BCUT2D eigenvalue weighted by atomic mass is 16.5. The highest BCUT2D eigenvalue weighted by Gasteiger charge is 2.28. The van der Waals surface area contributed by atoms with Crippen molar-refractivity contribution < 1.29 is 24.2 Å². The fourth-order valence-electron chi connectivity index (χ4n) is 2.35. The molecule has 1 aliphatic heterocycles. The van der Waals surface area contributed by atoms with E-state index in [4.69, 9.17) is 15.6 Å². The second-order valence-corrected chi connectivity index (χ2v) is 4.91. The van der Waals surface area contributed by atoms with E-state index in [1.807, 2.05) is 0 Å². The average Bonchev–Trinajstić information content (AvgIpc) is 2.37. The molecule has 0 bridgehead atoms. The number of primary amides is 1. The molecule has 0 aromatic carbocycles. The molecular formula is C12H21N3O5. The zero-order chi connectivity index (χ0) is 15.1. The minimum atomic E-state index is -1.18. The van der Waals surface area contributed by atoms with E-state index in [0.717, 1.165) is 17.7 Å². The second kappa shape index (κ2) is 7.68. The third-order valence-corrected chi connectivity index (χ3v) is 3.14. The van der Waals surface area contributed by atoms with Gasteiger partial charge in [0.25, 0.3) is 0 Å². The number of carboxylic acid groups (broad SMARTS) is 1. The Balaban J connectivity index is 2.67. The lowest BCUT2D eigenvalue weighted by Crippen LogP contribution is -2.51. The summed E-state index contributed by atoms with van der Waals surface area (Å²) in [5.41, 5.74) is 5.05. The van der Waals surface area contributed by atoms with Gasteiger partial charge in [-0.15, -0.1) is 0 Å². The minimum Gasteiger partial charge on any atom is -0.480 e. The molecule has 0 spiro atoms. The molecule has 1 aliphatic rings. The number of nitrogens with zero attached hydrogens (tertiary/aromatic N) is 2. The van der Waals surface area contributed by atoms with Crippen LogP contribution in [0, 0.1) is 5.92 Å². The van der Waals surface area contributed by atoms with Crippen LogP contribution in [-0.2, 0) is 14.3 Å². The van der Waals surface area contributed by atoms with Crippen molar-refractivity contribution in [1.29, 1.82) is 0 Å². The van der Waals surface area contributed by atoms with Gasteiger partial charge in [0.1, 0.15) is 13.1 Å². The van der Waals surface area contributed by atoms with Gasteiger partial charge in [-0.3, -0.25) is 9.59 Å². The first-order valence-corrected chi connectivity index (χ1v) is 6.47. The van der Waals surface area contributed by atoms with E-state index in [-0.39, 0.29) is 5.92 Å². The fourth-order valence-corrected chi connectivity index (χ4v) is 2.35. The molecule has 0 aromatic rings. The van der Waals surface area contributed by atoms with Crippen molar-refractivity contribution in [1.82, 2.24) is 9.80 Å². The summed E-state index contributed by atoms with van der Waals surface area (Å²) in [6.07, 6.45) is 1.80. The maximum absolute atomic E-state index is 12.3. The van der Waals surface area contributed by atoms with Crippen LogP contribution in [0.5, 0.6) is 0 Å². The molecule has 8 nitrogen and oxygen atoms in total. The van der Waals surface area contributed by atoms with Gasteiger partial charge in [-0.2, -0.15) is 0 Å². The van der Waals surface area contributed by atoms with Gasteiger partial charge < -0.3 is 25.4 Å².